The number of aryl methyl sites for hydroxylation is 1. The van der Waals surface area contributed by atoms with Crippen LogP contribution in [0.3, 0.4) is 0 Å². The first-order chi connectivity index (χ1) is 12.7. The molecule has 1 aliphatic rings. The summed E-state index contributed by atoms with van der Waals surface area (Å²) in [5, 5.41) is 6.44. The number of hydrogen-bond acceptors (Lipinski definition) is 4. The molecule has 5 heteroatoms. The molecule has 2 N–H and O–H groups in total. The van der Waals surface area contributed by atoms with E-state index in [2.05, 4.69) is 15.6 Å². The first kappa shape index (κ1) is 16.1. The maximum Gasteiger partial charge on any atom is 0.255 e. The monoisotopic (exact) mass is 345 g/mol. The number of ether oxygens (including phenoxy) is 1. The van der Waals surface area contributed by atoms with Gasteiger partial charge in [0.1, 0.15) is 18.5 Å². The summed E-state index contributed by atoms with van der Waals surface area (Å²) in [5.74, 6) is 0.649. The van der Waals surface area contributed by atoms with Crippen LogP contribution < -0.4 is 15.4 Å². The molecule has 26 heavy (non-hydrogen) atoms. The molecule has 0 bridgehead atoms. The number of aromatic nitrogens is 1. The SMILES string of the molecule is Cc1cccc2c1N[C@H](c1ccccc1OCc1ccncc1)NC2=O. The second-order valence-corrected chi connectivity index (χ2v) is 6.23. The van der Waals surface area contributed by atoms with E-state index in [1.165, 1.54) is 0 Å². The van der Waals surface area contributed by atoms with Gasteiger partial charge in [-0.2, -0.15) is 0 Å². The summed E-state index contributed by atoms with van der Waals surface area (Å²) in [6.07, 6.45) is 3.14. The second kappa shape index (κ2) is 6.88. The standard InChI is InChI=1S/C21H19N3O2/c1-14-5-4-7-17-19(14)23-20(24-21(17)25)16-6-2-3-8-18(16)26-13-15-9-11-22-12-10-15/h2-12,20,23H,13H2,1H3,(H,24,25)/t20-/m0/s1. The molecule has 1 amide bonds. The lowest BCUT2D eigenvalue weighted by molar-refractivity contribution is 0.0935. The molecule has 1 atom stereocenters. The van der Waals surface area contributed by atoms with Gasteiger partial charge in [-0.15, -0.1) is 0 Å². The molecule has 0 saturated carbocycles. The molecule has 1 aromatic heterocycles. The van der Waals surface area contributed by atoms with Crippen molar-refractivity contribution in [2.75, 3.05) is 5.32 Å². The van der Waals surface area contributed by atoms with Crippen molar-refractivity contribution in [3.8, 4) is 5.75 Å². The number of nitrogens with one attached hydrogen (secondary N) is 2. The van der Waals surface area contributed by atoms with Crippen LogP contribution in [-0.4, -0.2) is 10.9 Å². The van der Waals surface area contributed by atoms with Crippen LogP contribution in [0.2, 0.25) is 0 Å². The van der Waals surface area contributed by atoms with Crippen molar-refractivity contribution in [1.82, 2.24) is 10.3 Å². The average Bonchev–Trinajstić information content (AvgIpc) is 2.68. The molecular weight excluding hydrogens is 326 g/mol. The third kappa shape index (κ3) is 3.11. The zero-order chi connectivity index (χ0) is 17.9. The number of rotatable bonds is 4. The van der Waals surface area contributed by atoms with E-state index in [9.17, 15) is 4.79 Å². The van der Waals surface area contributed by atoms with Crippen molar-refractivity contribution >= 4 is 11.6 Å². The average molecular weight is 345 g/mol. The lowest BCUT2D eigenvalue weighted by Gasteiger charge is -2.30. The summed E-state index contributed by atoms with van der Waals surface area (Å²) in [6, 6.07) is 17.3. The van der Waals surface area contributed by atoms with E-state index in [0.29, 0.717) is 12.2 Å². The van der Waals surface area contributed by atoms with E-state index in [-0.39, 0.29) is 12.1 Å². The maximum atomic E-state index is 12.5. The number of para-hydroxylation sites is 2. The minimum absolute atomic E-state index is 0.0867. The third-order valence-corrected chi connectivity index (χ3v) is 4.46. The Morgan fingerprint density at radius 2 is 1.81 bits per heavy atom. The van der Waals surface area contributed by atoms with Gasteiger partial charge in [0.2, 0.25) is 0 Å². The van der Waals surface area contributed by atoms with Gasteiger partial charge in [-0.25, -0.2) is 0 Å². The van der Waals surface area contributed by atoms with E-state index in [1.54, 1.807) is 12.4 Å². The molecule has 2 aromatic carbocycles. The van der Waals surface area contributed by atoms with Crippen LogP contribution in [0, 0.1) is 6.92 Å². The topological polar surface area (TPSA) is 63.2 Å². The Kier molecular flexibility index (Phi) is 4.27. The molecule has 0 saturated heterocycles. The van der Waals surface area contributed by atoms with Gasteiger partial charge < -0.3 is 15.4 Å². The number of pyridine rings is 1. The second-order valence-electron chi connectivity index (χ2n) is 6.23. The number of nitrogens with zero attached hydrogens (tertiary/aromatic N) is 1. The van der Waals surface area contributed by atoms with Crippen LogP contribution in [0.4, 0.5) is 5.69 Å². The lowest BCUT2D eigenvalue weighted by atomic mass is 10.0. The summed E-state index contributed by atoms with van der Waals surface area (Å²) in [4.78, 5) is 16.5. The molecule has 0 fully saturated rings. The van der Waals surface area contributed by atoms with Crippen molar-refractivity contribution in [3.63, 3.8) is 0 Å². The van der Waals surface area contributed by atoms with Crippen molar-refractivity contribution < 1.29 is 9.53 Å². The van der Waals surface area contributed by atoms with Crippen LogP contribution in [0.25, 0.3) is 0 Å². The number of fused-ring (bicyclic) bond motifs is 1. The number of carbonyl (C=O) groups is 1. The number of amides is 1. The molecule has 0 unspecified atom stereocenters. The van der Waals surface area contributed by atoms with E-state index in [1.807, 2.05) is 61.5 Å². The lowest BCUT2D eigenvalue weighted by Crippen LogP contribution is -2.39. The summed E-state index contributed by atoms with van der Waals surface area (Å²) in [7, 11) is 0. The Morgan fingerprint density at radius 1 is 1.00 bits per heavy atom. The molecule has 0 spiro atoms. The van der Waals surface area contributed by atoms with Gasteiger partial charge in [0.05, 0.1) is 11.3 Å². The van der Waals surface area contributed by atoms with Crippen LogP contribution in [0.15, 0.2) is 67.0 Å². The summed E-state index contributed by atoms with van der Waals surface area (Å²) >= 11 is 0. The number of benzene rings is 2. The van der Waals surface area contributed by atoms with Crippen LogP contribution in [-0.2, 0) is 6.61 Å². The third-order valence-electron chi connectivity index (χ3n) is 4.46. The fourth-order valence-corrected chi connectivity index (χ4v) is 3.08. The Labute approximate surface area is 152 Å². The molecular formula is C21H19N3O2. The van der Waals surface area contributed by atoms with Gasteiger partial charge in [0.15, 0.2) is 0 Å². The zero-order valence-corrected chi connectivity index (χ0v) is 14.4. The van der Waals surface area contributed by atoms with Crippen LogP contribution in [0.1, 0.15) is 33.2 Å². The smallest absolute Gasteiger partial charge is 0.255 e. The Bertz CT molecular complexity index is 941. The van der Waals surface area contributed by atoms with Crippen molar-refractivity contribution in [2.45, 2.75) is 19.7 Å². The van der Waals surface area contributed by atoms with E-state index >= 15 is 0 Å². The minimum atomic E-state index is -0.343. The fourth-order valence-electron chi connectivity index (χ4n) is 3.08. The molecule has 0 radical (unpaired) electrons. The molecule has 0 aliphatic carbocycles. The summed E-state index contributed by atoms with van der Waals surface area (Å²) in [5.41, 5.74) is 4.50. The van der Waals surface area contributed by atoms with Crippen molar-refractivity contribution in [3.05, 3.63) is 89.2 Å². The molecule has 3 aromatic rings. The predicted octanol–water partition coefficient (Wildman–Crippen LogP) is 3.82. The highest BCUT2D eigenvalue weighted by Gasteiger charge is 2.27. The van der Waals surface area contributed by atoms with Gasteiger partial charge in [-0.1, -0.05) is 30.3 Å². The fraction of sp³-hybridized carbons (Fsp3) is 0.143. The van der Waals surface area contributed by atoms with Crippen molar-refractivity contribution in [1.29, 1.82) is 0 Å². The summed E-state index contributed by atoms with van der Waals surface area (Å²) < 4.78 is 6.01. The Balaban J connectivity index is 1.61. The maximum absolute atomic E-state index is 12.5. The van der Waals surface area contributed by atoms with Crippen molar-refractivity contribution in [2.24, 2.45) is 0 Å². The highest BCUT2D eigenvalue weighted by Crippen LogP contribution is 2.33. The summed E-state index contributed by atoms with van der Waals surface area (Å²) in [6.45, 7) is 2.43. The largest absolute Gasteiger partial charge is 0.488 e. The highest BCUT2D eigenvalue weighted by molar-refractivity contribution is 6.02. The Morgan fingerprint density at radius 3 is 2.65 bits per heavy atom. The van der Waals surface area contributed by atoms with E-state index < -0.39 is 0 Å². The van der Waals surface area contributed by atoms with Gasteiger partial charge >= 0.3 is 0 Å². The molecule has 130 valence electrons. The number of anilines is 1. The molecule has 4 rings (SSSR count). The Hall–Kier alpha value is -3.34. The predicted molar refractivity (Wildman–Crippen MR) is 100 cm³/mol. The van der Waals surface area contributed by atoms with Crippen LogP contribution in [0.5, 0.6) is 5.75 Å². The van der Waals surface area contributed by atoms with Gasteiger partial charge in [-0.05, 0) is 42.3 Å². The normalized spacial score (nSPS) is 15.6. The highest BCUT2D eigenvalue weighted by atomic mass is 16.5. The van der Waals surface area contributed by atoms with Gasteiger partial charge in [-0.3, -0.25) is 9.78 Å². The van der Waals surface area contributed by atoms with E-state index in [0.717, 1.165) is 28.1 Å². The molecule has 2 heterocycles. The quantitative estimate of drug-likeness (QED) is 0.754. The number of carbonyl (C=O) groups excluding carboxylic acids is 1. The molecule has 1 aliphatic heterocycles. The van der Waals surface area contributed by atoms with E-state index in [4.69, 9.17) is 4.74 Å². The van der Waals surface area contributed by atoms with Crippen LogP contribution >= 0.6 is 0 Å². The minimum Gasteiger partial charge on any atom is -0.488 e. The van der Waals surface area contributed by atoms with Gasteiger partial charge in [0, 0.05) is 18.0 Å². The van der Waals surface area contributed by atoms with Gasteiger partial charge in [0.25, 0.3) is 5.91 Å². The number of hydrogen-bond donors (Lipinski definition) is 2. The first-order valence-corrected chi connectivity index (χ1v) is 8.50. The first-order valence-electron chi connectivity index (χ1n) is 8.50. The zero-order valence-electron chi connectivity index (χ0n) is 14.4. The molecule has 5 nitrogen and oxygen atoms in total.